The van der Waals surface area contributed by atoms with Crippen molar-refractivity contribution >= 4 is 15.9 Å². The molecule has 1 saturated heterocycles. The van der Waals surface area contributed by atoms with E-state index in [0.29, 0.717) is 32.5 Å². The fourth-order valence-electron chi connectivity index (χ4n) is 3.25. The normalized spacial score (nSPS) is 18.0. The molecule has 1 atom stereocenters. The van der Waals surface area contributed by atoms with Crippen LogP contribution in [0.4, 0.5) is 0 Å². The summed E-state index contributed by atoms with van der Waals surface area (Å²) in [4.78, 5) is 15.0. The third-order valence-corrected chi connectivity index (χ3v) is 7.04. The van der Waals surface area contributed by atoms with Crippen molar-refractivity contribution in [1.82, 2.24) is 9.21 Å². The van der Waals surface area contributed by atoms with Crippen LogP contribution in [0.1, 0.15) is 45.6 Å². The van der Waals surface area contributed by atoms with Gasteiger partial charge in [0.05, 0.1) is 5.75 Å². The second-order valence-corrected chi connectivity index (χ2v) is 9.04. The first kappa shape index (κ1) is 19.9. The third-order valence-electron chi connectivity index (χ3n) is 5.16. The molecule has 1 aliphatic rings. The highest BCUT2D eigenvalue weighted by Gasteiger charge is 2.33. The number of hydrogen-bond donors (Lipinski definition) is 0. The molecule has 0 aliphatic carbocycles. The predicted octanol–water partition coefficient (Wildman–Crippen LogP) is 2.88. The molecule has 1 heterocycles. The molecule has 0 saturated carbocycles. The van der Waals surface area contributed by atoms with Gasteiger partial charge in [-0.25, -0.2) is 12.7 Å². The second-order valence-electron chi connectivity index (χ2n) is 6.78. The van der Waals surface area contributed by atoms with Gasteiger partial charge < -0.3 is 4.90 Å². The minimum atomic E-state index is -3.15. The van der Waals surface area contributed by atoms with Crippen LogP contribution in [0.5, 0.6) is 0 Å². The average Bonchev–Trinajstić information content (AvgIpc) is 2.66. The first-order valence-corrected chi connectivity index (χ1v) is 10.8. The molecule has 1 fully saturated rings. The zero-order chi connectivity index (χ0) is 18.4. The van der Waals surface area contributed by atoms with E-state index in [-0.39, 0.29) is 23.6 Å². The lowest BCUT2D eigenvalue weighted by Gasteiger charge is -2.36. The molecule has 1 aromatic carbocycles. The summed E-state index contributed by atoms with van der Waals surface area (Å²) in [6, 6.07) is 10.2. The maximum atomic E-state index is 13.1. The Morgan fingerprint density at radius 3 is 2.32 bits per heavy atom. The SMILES string of the molecule is CCC(C)N(Cc1ccccc1)C(=O)C1CCN(S(=O)(=O)CC)CC1. The minimum absolute atomic E-state index is 0.0824. The second kappa shape index (κ2) is 8.81. The van der Waals surface area contributed by atoms with E-state index in [1.165, 1.54) is 4.31 Å². The van der Waals surface area contributed by atoms with Crippen LogP contribution in [0.25, 0.3) is 0 Å². The van der Waals surface area contributed by atoms with Crippen molar-refractivity contribution in [3.05, 3.63) is 35.9 Å². The maximum absolute atomic E-state index is 13.1. The predicted molar refractivity (Wildman–Crippen MR) is 101 cm³/mol. The van der Waals surface area contributed by atoms with Crippen molar-refractivity contribution in [3.8, 4) is 0 Å². The number of hydrogen-bond acceptors (Lipinski definition) is 3. The lowest BCUT2D eigenvalue weighted by Crippen LogP contribution is -2.46. The lowest BCUT2D eigenvalue weighted by molar-refractivity contribution is -0.139. The van der Waals surface area contributed by atoms with Crippen LogP contribution in [0.2, 0.25) is 0 Å². The van der Waals surface area contributed by atoms with Crippen LogP contribution in [0.3, 0.4) is 0 Å². The Balaban J connectivity index is 2.05. The summed E-state index contributed by atoms with van der Waals surface area (Å²) < 4.78 is 25.5. The third kappa shape index (κ3) is 5.05. The van der Waals surface area contributed by atoms with E-state index in [1.807, 2.05) is 35.2 Å². The van der Waals surface area contributed by atoms with Crippen molar-refractivity contribution in [2.75, 3.05) is 18.8 Å². The summed E-state index contributed by atoms with van der Waals surface area (Å²) in [5, 5.41) is 0. The van der Waals surface area contributed by atoms with Gasteiger partial charge in [0.1, 0.15) is 0 Å². The molecule has 0 spiro atoms. The quantitative estimate of drug-likeness (QED) is 0.745. The fourth-order valence-corrected chi connectivity index (χ4v) is 4.38. The molecule has 1 amide bonds. The number of carbonyl (C=O) groups excluding carboxylic acids is 1. The molecule has 6 heteroatoms. The van der Waals surface area contributed by atoms with E-state index in [9.17, 15) is 13.2 Å². The molecule has 0 bridgehead atoms. The van der Waals surface area contributed by atoms with Gasteiger partial charge in [-0.1, -0.05) is 37.3 Å². The number of benzene rings is 1. The molecule has 0 radical (unpaired) electrons. The Morgan fingerprint density at radius 2 is 1.80 bits per heavy atom. The highest BCUT2D eigenvalue weighted by molar-refractivity contribution is 7.89. The van der Waals surface area contributed by atoms with E-state index in [0.717, 1.165) is 12.0 Å². The fraction of sp³-hybridized carbons (Fsp3) is 0.632. The van der Waals surface area contributed by atoms with Gasteiger partial charge in [-0.15, -0.1) is 0 Å². The average molecular weight is 367 g/mol. The van der Waals surface area contributed by atoms with Crippen LogP contribution >= 0.6 is 0 Å². The Bertz CT molecular complexity index is 653. The summed E-state index contributed by atoms with van der Waals surface area (Å²) in [5.74, 6) is 0.200. The summed E-state index contributed by atoms with van der Waals surface area (Å²) in [5.41, 5.74) is 1.13. The number of piperidine rings is 1. The Kier molecular flexibility index (Phi) is 7.02. The van der Waals surface area contributed by atoms with Gasteiger partial charge in [0.15, 0.2) is 0 Å². The summed E-state index contributed by atoms with van der Waals surface area (Å²) in [6.45, 7) is 7.35. The number of amides is 1. The van der Waals surface area contributed by atoms with Crippen LogP contribution in [0.15, 0.2) is 30.3 Å². The van der Waals surface area contributed by atoms with E-state index in [2.05, 4.69) is 13.8 Å². The van der Waals surface area contributed by atoms with E-state index < -0.39 is 10.0 Å². The summed E-state index contributed by atoms with van der Waals surface area (Å²) >= 11 is 0. The van der Waals surface area contributed by atoms with Gasteiger partial charge in [-0.2, -0.15) is 0 Å². The minimum Gasteiger partial charge on any atom is -0.335 e. The van der Waals surface area contributed by atoms with Crippen LogP contribution in [0, 0.1) is 5.92 Å². The van der Waals surface area contributed by atoms with Crippen molar-refractivity contribution in [1.29, 1.82) is 0 Å². The zero-order valence-corrected chi connectivity index (χ0v) is 16.3. The number of sulfonamides is 1. The number of carbonyl (C=O) groups is 1. The van der Waals surface area contributed by atoms with Gasteiger partial charge in [0.25, 0.3) is 0 Å². The highest BCUT2D eigenvalue weighted by Crippen LogP contribution is 2.24. The standard InChI is InChI=1S/C19H30N2O3S/c1-4-16(3)21(15-17-9-7-6-8-10-17)19(22)18-11-13-20(14-12-18)25(23,24)5-2/h6-10,16,18H,4-5,11-15H2,1-3H3. The molecule has 5 nitrogen and oxygen atoms in total. The van der Waals surface area contributed by atoms with Gasteiger partial charge in [0, 0.05) is 31.6 Å². The molecule has 140 valence electrons. The van der Waals surface area contributed by atoms with E-state index >= 15 is 0 Å². The van der Waals surface area contributed by atoms with Crippen molar-refractivity contribution in [3.63, 3.8) is 0 Å². The van der Waals surface area contributed by atoms with E-state index in [4.69, 9.17) is 0 Å². The van der Waals surface area contributed by atoms with Crippen LogP contribution in [-0.4, -0.2) is 48.4 Å². The molecule has 0 aromatic heterocycles. The van der Waals surface area contributed by atoms with Crippen LogP contribution < -0.4 is 0 Å². The largest absolute Gasteiger partial charge is 0.335 e. The first-order chi connectivity index (χ1) is 11.9. The Morgan fingerprint density at radius 1 is 1.20 bits per heavy atom. The molecule has 0 N–H and O–H groups in total. The smallest absolute Gasteiger partial charge is 0.226 e. The Labute approximate surface area is 152 Å². The lowest BCUT2D eigenvalue weighted by atomic mass is 9.95. The van der Waals surface area contributed by atoms with Crippen molar-refractivity contribution < 1.29 is 13.2 Å². The molecule has 25 heavy (non-hydrogen) atoms. The van der Waals surface area contributed by atoms with Gasteiger partial charge >= 0.3 is 0 Å². The number of nitrogens with zero attached hydrogens (tertiary/aromatic N) is 2. The molecule has 1 aliphatic heterocycles. The molecule has 1 unspecified atom stereocenters. The van der Waals surface area contributed by atoms with Crippen molar-refractivity contribution in [2.45, 2.75) is 52.6 Å². The maximum Gasteiger partial charge on any atom is 0.226 e. The van der Waals surface area contributed by atoms with Gasteiger partial charge in [0.2, 0.25) is 15.9 Å². The van der Waals surface area contributed by atoms with Gasteiger partial charge in [-0.3, -0.25) is 4.79 Å². The molecular formula is C19H30N2O3S. The molecule has 2 rings (SSSR count). The monoisotopic (exact) mass is 366 g/mol. The summed E-state index contributed by atoms with van der Waals surface area (Å²) in [7, 11) is -3.15. The van der Waals surface area contributed by atoms with Gasteiger partial charge in [-0.05, 0) is 38.7 Å². The zero-order valence-electron chi connectivity index (χ0n) is 15.5. The number of rotatable bonds is 7. The topological polar surface area (TPSA) is 57.7 Å². The Hall–Kier alpha value is -1.40. The first-order valence-electron chi connectivity index (χ1n) is 9.21. The summed E-state index contributed by atoms with van der Waals surface area (Å²) in [6.07, 6.45) is 2.13. The van der Waals surface area contributed by atoms with Crippen LogP contribution in [-0.2, 0) is 21.4 Å². The molecular weight excluding hydrogens is 336 g/mol. The highest BCUT2D eigenvalue weighted by atomic mass is 32.2. The van der Waals surface area contributed by atoms with Crippen molar-refractivity contribution in [2.24, 2.45) is 5.92 Å². The van der Waals surface area contributed by atoms with E-state index in [1.54, 1.807) is 6.92 Å². The molecule has 1 aromatic rings.